The molecule has 170 valence electrons. The molecule has 0 spiro atoms. The van der Waals surface area contributed by atoms with Crippen LogP contribution >= 0.6 is 0 Å². The average molecular weight is 477 g/mol. The van der Waals surface area contributed by atoms with Crippen LogP contribution in [0, 0.1) is 0 Å². The van der Waals surface area contributed by atoms with Gasteiger partial charge in [-0.05, 0) is 25.7 Å². The fraction of sp³-hybridized carbons (Fsp3) is 0.760. The highest BCUT2D eigenvalue weighted by molar-refractivity contribution is 7.73. The van der Waals surface area contributed by atoms with Crippen LogP contribution in [0.2, 0.25) is 33.2 Å². The van der Waals surface area contributed by atoms with Crippen molar-refractivity contribution in [1.29, 1.82) is 0 Å². The van der Waals surface area contributed by atoms with Gasteiger partial charge >= 0.3 is 0 Å². The summed E-state index contributed by atoms with van der Waals surface area (Å²) in [5, 5.41) is 1.44. The minimum absolute atomic E-state index is 0.349. The molecule has 0 amide bonds. The van der Waals surface area contributed by atoms with Gasteiger partial charge in [-0.3, -0.25) is 0 Å². The molecule has 2 radical (unpaired) electrons. The van der Waals surface area contributed by atoms with Gasteiger partial charge in [-0.15, -0.1) is 0 Å². The van der Waals surface area contributed by atoms with E-state index in [1.807, 2.05) is 0 Å². The van der Waals surface area contributed by atoms with Crippen molar-refractivity contribution in [2.45, 2.75) is 122 Å². The fourth-order valence-corrected chi connectivity index (χ4v) is 72.0. The van der Waals surface area contributed by atoms with Gasteiger partial charge in [0.25, 0.3) is 0 Å². The molecule has 1 aromatic carbocycles. The molecule has 1 aliphatic heterocycles. The summed E-state index contributed by atoms with van der Waals surface area (Å²) in [4.78, 5) is 0. The Kier molecular flexibility index (Phi) is 6.86. The van der Waals surface area contributed by atoms with E-state index in [0.29, 0.717) is 25.9 Å². The van der Waals surface area contributed by atoms with Crippen molar-refractivity contribution in [1.82, 2.24) is 0 Å². The highest BCUT2D eigenvalue weighted by atomic mass is 29.8. The van der Waals surface area contributed by atoms with Gasteiger partial charge in [-0.25, -0.2) is 0 Å². The Bertz CT molecular complexity index is 704. The number of hydrogen-bond donors (Lipinski definition) is 0. The molecule has 1 aliphatic rings. The largest absolute Gasteiger partial charge is 0.421 e. The third-order valence-electron chi connectivity index (χ3n) is 8.84. The van der Waals surface area contributed by atoms with Gasteiger partial charge in [0.2, 0.25) is 0 Å². The number of benzene rings is 1. The second kappa shape index (κ2) is 7.82. The van der Waals surface area contributed by atoms with E-state index in [9.17, 15) is 0 Å². The first-order valence-electron chi connectivity index (χ1n) is 11.7. The van der Waals surface area contributed by atoms with Gasteiger partial charge in [-0.2, -0.15) is 0 Å². The van der Waals surface area contributed by atoms with Gasteiger partial charge in [0, 0.05) is 0 Å². The first-order valence-corrected chi connectivity index (χ1v) is 22.7. The second-order valence-electron chi connectivity index (χ2n) is 13.9. The summed E-state index contributed by atoms with van der Waals surface area (Å²) in [5.74, 6) is 0. The van der Waals surface area contributed by atoms with E-state index < -0.39 is 31.1 Å². The van der Waals surface area contributed by atoms with E-state index in [1.54, 1.807) is 0 Å². The van der Waals surface area contributed by atoms with E-state index in [0.717, 1.165) is 0 Å². The van der Waals surface area contributed by atoms with Crippen LogP contribution in [0.4, 0.5) is 0 Å². The molecule has 1 atom stereocenters. The zero-order chi connectivity index (χ0) is 23.6. The lowest BCUT2D eigenvalue weighted by Gasteiger charge is -2.67. The van der Waals surface area contributed by atoms with Crippen molar-refractivity contribution in [2.75, 3.05) is 0 Å². The maximum Gasteiger partial charge on any atom is 0.183 e. The van der Waals surface area contributed by atoms with Gasteiger partial charge in [-0.1, -0.05) is 127 Å². The molecule has 1 heterocycles. The molecule has 0 N–H and O–H groups in total. The van der Waals surface area contributed by atoms with Crippen molar-refractivity contribution in [3.05, 3.63) is 35.9 Å². The quantitative estimate of drug-likeness (QED) is 0.398. The Morgan fingerprint density at radius 1 is 0.633 bits per heavy atom. The van der Waals surface area contributed by atoms with Crippen molar-refractivity contribution < 1.29 is 4.43 Å². The summed E-state index contributed by atoms with van der Waals surface area (Å²) in [6.45, 7) is 35.9. The summed E-state index contributed by atoms with van der Waals surface area (Å²) in [6.07, 6.45) is 0. The summed E-state index contributed by atoms with van der Waals surface area (Å²) in [5.41, 5.74) is 1.84. The van der Waals surface area contributed by atoms with E-state index in [4.69, 9.17) is 4.43 Å². The zero-order valence-corrected chi connectivity index (χ0v) is 26.4. The Labute approximate surface area is 193 Å². The molecular formula is C25H48OSi4. The Hall–Kier alpha value is 0.0475. The van der Waals surface area contributed by atoms with Gasteiger partial charge in [0.15, 0.2) is 8.08 Å². The average Bonchev–Trinajstić information content (AvgIpc) is 2.50. The lowest BCUT2D eigenvalue weighted by atomic mass is 10.2. The minimum Gasteiger partial charge on any atom is -0.421 e. The molecule has 1 nitrogen and oxygen atoms in total. The van der Waals surface area contributed by atoms with Crippen LogP contribution in [0.5, 0.6) is 0 Å². The number of hydrogen-bond acceptors (Lipinski definition) is 1. The highest BCUT2D eigenvalue weighted by Gasteiger charge is 2.72. The minimum atomic E-state index is -1.71. The molecule has 2 rings (SSSR count). The van der Waals surface area contributed by atoms with Crippen LogP contribution in [-0.4, -0.2) is 31.1 Å². The lowest BCUT2D eigenvalue weighted by molar-refractivity contribution is 0.269. The van der Waals surface area contributed by atoms with Crippen LogP contribution in [0.15, 0.2) is 30.3 Å². The monoisotopic (exact) mass is 476 g/mol. The number of rotatable bonds is 3. The van der Waals surface area contributed by atoms with Crippen LogP contribution in [0.25, 0.3) is 0 Å². The van der Waals surface area contributed by atoms with Gasteiger partial charge in [0.1, 0.15) is 7.83 Å². The van der Waals surface area contributed by atoms with Gasteiger partial charge < -0.3 is 4.43 Å². The van der Waals surface area contributed by atoms with Crippen molar-refractivity contribution >= 4 is 31.1 Å². The molecule has 0 bridgehead atoms. The Balaban J connectivity index is 2.77. The zero-order valence-electron chi connectivity index (χ0n) is 22.4. The standard InChI is InChI=1S/C25H48OSi4/c1-22(2,3)29(13,23(4,5)6)27-21(20-18-16-15-17-19-20)26-28(27)30(14,24(7,8)9)25(10,11)12/h15-19,21H,1-14H3/t21-/m1/s1. The molecule has 1 fully saturated rings. The second-order valence-corrected chi connectivity index (χ2v) is 41.6. The fourth-order valence-electron chi connectivity index (χ4n) is 5.78. The van der Waals surface area contributed by atoms with E-state index >= 15 is 0 Å². The SMILES string of the molecule is CC(C)(C)[Si](C)([Si]1O[C@@H](c2ccccc2)[Si]1[Si](C)(C(C)(C)C)C(C)(C)C)C(C)(C)C. The maximum absolute atomic E-state index is 7.24. The molecule has 30 heavy (non-hydrogen) atoms. The predicted molar refractivity (Wildman–Crippen MR) is 144 cm³/mol. The normalized spacial score (nSPS) is 20.9. The summed E-state index contributed by atoms with van der Waals surface area (Å²) in [6, 6.07) is 11.2. The van der Waals surface area contributed by atoms with Crippen LogP contribution < -0.4 is 0 Å². The molecule has 0 saturated carbocycles. The molecule has 0 aromatic heterocycles. The van der Waals surface area contributed by atoms with E-state index in [1.165, 1.54) is 5.56 Å². The molecule has 1 aromatic rings. The molecular weight excluding hydrogens is 429 g/mol. The maximum atomic E-state index is 7.24. The highest BCUT2D eigenvalue weighted by Crippen LogP contribution is 2.62. The predicted octanol–water partition coefficient (Wildman–Crippen LogP) is 8.38. The van der Waals surface area contributed by atoms with Crippen LogP contribution in [-0.2, 0) is 4.43 Å². The van der Waals surface area contributed by atoms with Crippen molar-refractivity contribution in [3.63, 3.8) is 0 Å². The van der Waals surface area contributed by atoms with Gasteiger partial charge in [0.05, 0.1) is 20.9 Å². The van der Waals surface area contributed by atoms with E-state index in [2.05, 4.69) is 127 Å². The first-order chi connectivity index (χ1) is 13.2. The lowest BCUT2D eigenvalue weighted by Crippen LogP contribution is -2.84. The molecule has 0 aliphatic carbocycles. The van der Waals surface area contributed by atoms with E-state index in [-0.39, 0.29) is 0 Å². The molecule has 5 heteroatoms. The Morgan fingerprint density at radius 2 is 1.00 bits per heavy atom. The van der Waals surface area contributed by atoms with Crippen molar-refractivity contribution in [3.8, 4) is 0 Å². The third-order valence-corrected chi connectivity index (χ3v) is 59.4. The molecule has 1 saturated heterocycles. The summed E-state index contributed by atoms with van der Waals surface area (Å²) in [7, 11) is -4.93. The summed E-state index contributed by atoms with van der Waals surface area (Å²) < 4.78 is 7.24. The van der Waals surface area contributed by atoms with Crippen molar-refractivity contribution in [2.24, 2.45) is 0 Å². The van der Waals surface area contributed by atoms with Crippen LogP contribution in [0.1, 0.15) is 94.4 Å². The first kappa shape index (κ1) is 26.3. The third kappa shape index (κ3) is 3.95. The Morgan fingerprint density at radius 3 is 1.33 bits per heavy atom. The molecule has 0 unspecified atom stereocenters. The van der Waals surface area contributed by atoms with Crippen LogP contribution in [0.3, 0.4) is 0 Å². The smallest absolute Gasteiger partial charge is 0.183 e. The topological polar surface area (TPSA) is 9.23 Å². The summed E-state index contributed by atoms with van der Waals surface area (Å²) >= 11 is 0.